The van der Waals surface area contributed by atoms with Gasteiger partial charge in [-0.3, -0.25) is 14.8 Å². The Balaban J connectivity index is -0.00000136. The van der Waals surface area contributed by atoms with E-state index in [1.807, 2.05) is 81.4 Å². The van der Waals surface area contributed by atoms with Crippen LogP contribution in [-0.4, -0.2) is 23.7 Å². The average molecular weight is 607 g/mol. The first-order chi connectivity index (χ1) is 21.2. The van der Waals surface area contributed by atoms with Crippen molar-refractivity contribution in [2.24, 2.45) is 10.7 Å². The number of terminal acetylenes is 1. The van der Waals surface area contributed by atoms with Crippen LogP contribution in [0.2, 0.25) is 0 Å². The third kappa shape index (κ3) is 15.5. The van der Waals surface area contributed by atoms with Crippen molar-refractivity contribution in [2.45, 2.75) is 109 Å². The van der Waals surface area contributed by atoms with Crippen LogP contribution in [0.25, 0.3) is 11.3 Å². The maximum Gasteiger partial charge on any atom is 0.251 e. The van der Waals surface area contributed by atoms with Crippen molar-refractivity contribution in [3.05, 3.63) is 82.3 Å². The minimum atomic E-state index is -0.262. The number of nitrogens with zero attached hydrogens (tertiary/aromatic N) is 2. The number of hydrogen-bond donors (Lipinski definition) is 2. The highest BCUT2D eigenvalue weighted by Crippen LogP contribution is 2.30. The monoisotopic (exact) mass is 606 g/mol. The molecule has 5 nitrogen and oxygen atoms in total. The maximum atomic E-state index is 13.4. The molecule has 6 heteroatoms. The Morgan fingerprint density at radius 2 is 1.57 bits per heavy atom. The van der Waals surface area contributed by atoms with Gasteiger partial charge >= 0.3 is 0 Å². The van der Waals surface area contributed by atoms with Crippen molar-refractivity contribution in [3.8, 4) is 23.7 Å². The molecule has 0 radical (unpaired) electrons. The van der Waals surface area contributed by atoms with E-state index in [2.05, 4.69) is 49.3 Å². The summed E-state index contributed by atoms with van der Waals surface area (Å²) in [6.45, 7) is 26.7. The zero-order chi connectivity index (χ0) is 34.7. The first-order valence-corrected chi connectivity index (χ1v) is 16.1. The highest BCUT2D eigenvalue weighted by molar-refractivity contribution is 5.94. The molecule has 0 aliphatic heterocycles. The first-order valence-electron chi connectivity index (χ1n) is 16.1. The van der Waals surface area contributed by atoms with Gasteiger partial charge in [0.05, 0.1) is 11.4 Å². The summed E-state index contributed by atoms with van der Waals surface area (Å²) in [7, 11) is 0. The predicted molar refractivity (Wildman–Crippen MR) is 193 cm³/mol. The van der Waals surface area contributed by atoms with Crippen molar-refractivity contribution in [2.75, 3.05) is 6.54 Å². The summed E-state index contributed by atoms with van der Waals surface area (Å²) in [5.41, 5.74) is 11.9. The van der Waals surface area contributed by atoms with Crippen LogP contribution in [0.15, 0.2) is 53.5 Å². The lowest BCUT2D eigenvalue weighted by atomic mass is 9.91. The van der Waals surface area contributed by atoms with Crippen LogP contribution in [0.1, 0.15) is 121 Å². The zero-order valence-corrected chi connectivity index (χ0v) is 29.7. The van der Waals surface area contributed by atoms with Crippen LogP contribution in [0.5, 0.6) is 0 Å². The van der Waals surface area contributed by atoms with Gasteiger partial charge in [0.1, 0.15) is 5.82 Å². The Morgan fingerprint density at radius 3 is 2.05 bits per heavy atom. The molecule has 1 aromatic heterocycles. The average Bonchev–Trinajstić information content (AvgIpc) is 3.07. The van der Waals surface area contributed by atoms with Gasteiger partial charge in [0.25, 0.3) is 5.91 Å². The SMILES string of the molecule is C#CN.CC.CC.CC.CC.CC=Nc1ccc(C(=O)NCCc2cc(C(C)CC)c(C)c(-c3ccc(F)cc3)n2)cc1C. The molecule has 1 unspecified atom stereocenters. The molecule has 3 rings (SSSR count). The Labute approximate surface area is 269 Å². The fourth-order valence-electron chi connectivity index (χ4n) is 3.92. The number of rotatable bonds is 8. The van der Waals surface area contributed by atoms with Gasteiger partial charge < -0.3 is 11.1 Å². The van der Waals surface area contributed by atoms with Gasteiger partial charge in [0.15, 0.2) is 0 Å². The van der Waals surface area contributed by atoms with Gasteiger partial charge in [-0.2, -0.15) is 0 Å². The molecule has 0 bridgehead atoms. The normalized spacial score (nSPS) is 9.84. The van der Waals surface area contributed by atoms with Crippen LogP contribution < -0.4 is 11.1 Å². The fourth-order valence-corrected chi connectivity index (χ4v) is 3.92. The lowest BCUT2D eigenvalue weighted by Crippen LogP contribution is -2.26. The van der Waals surface area contributed by atoms with Gasteiger partial charge in [-0.1, -0.05) is 75.7 Å². The number of aryl methyl sites for hydroxylation is 1. The van der Waals surface area contributed by atoms with Crippen LogP contribution in [-0.2, 0) is 6.42 Å². The Morgan fingerprint density at radius 1 is 1.02 bits per heavy atom. The Hall–Kier alpha value is -3.98. The van der Waals surface area contributed by atoms with Crippen molar-refractivity contribution in [3.63, 3.8) is 0 Å². The summed E-state index contributed by atoms with van der Waals surface area (Å²) in [5.74, 6) is 0.00754. The lowest BCUT2D eigenvalue weighted by molar-refractivity contribution is 0.0954. The molecule has 1 amide bonds. The molecule has 1 heterocycles. The number of nitrogens with two attached hydrogens (primary N) is 1. The number of pyridine rings is 1. The van der Waals surface area contributed by atoms with Crippen molar-refractivity contribution < 1.29 is 9.18 Å². The molecule has 0 fully saturated rings. The summed E-state index contributed by atoms with van der Waals surface area (Å²) in [6, 6.07) is 15.9. The van der Waals surface area contributed by atoms with E-state index in [0.29, 0.717) is 24.4 Å². The zero-order valence-electron chi connectivity index (χ0n) is 29.7. The number of carbonyl (C=O) groups is 1. The molecular weight excluding hydrogens is 547 g/mol. The molecule has 3 N–H and O–H groups in total. The van der Waals surface area contributed by atoms with E-state index in [1.165, 1.54) is 17.7 Å². The summed E-state index contributed by atoms with van der Waals surface area (Å²) in [5, 5.41) is 3.00. The molecule has 0 spiro atoms. The van der Waals surface area contributed by atoms with E-state index in [1.54, 1.807) is 30.5 Å². The maximum absolute atomic E-state index is 13.4. The Kier molecular flexibility index (Phi) is 28.1. The van der Waals surface area contributed by atoms with Crippen molar-refractivity contribution in [1.29, 1.82) is 0 Å². The van der Waals surface area contributed by atoms with E-state index >= 15 is 0 Å². The molecule has 0 aliphatic rings. The van der Waals surface area contributed by atoms with Crippen molar-refractivity contribution >= 4 is 17.8 Å². The quantitative estimate of drug-likeness (QED) is 0.152. The number of nitrogens with one attached hydrogen (secondary N) is 1. The minimum absolute atomic E-state index is 0.113. The van der Waals surface area contributed by atoms with E-state index in [-0.39, 0.29) is 11.7 Å². The number of halogens is 1. The number of aromatic nitrogens is 1. The van der Waals surface area contributed by atoms with Crippen LogP contribution >= 0.6 is 0 Å². The standard InChI is InChI=1S/C28H32FN3O.C2H3N.4C2H6/c1-6-18(3)25-17-24(32-27(20(25)5)21-8-11-23(29)12-9-21)14-15-31-28(33)22-10-13-26(30-7-2)19(4)16-22;1-2-3;4*1-2/h7-13,16-18H,6,14-15H2,1-5H3,(H,31,33);1H,3H2;4*1-2H3. The number of benzene rings is 2. The number of carbonyl (C=O) groups excluding carboxylic acids is 1. The topological polar surface area (TPSA) is 80.4 Å². The van der Waals surface area contributed by atoms with E-state index in [9.17, 15) is 9.18 Å². The van der Waals surface area contributed by atoms with Crippen LogP contribution in [0, 0.1) is 32.1 Å². The largest absolute Gasteiger partial charge is 0.360 e. The second kappa shape index (κ2) is 27.8. The number of aliphatic imine (C=N–C) groups is 1. The van der Waals surface area contributed by atoms with E-state index < -0.39 is 0 Å². The van der Waals surface area contributed by atoms with Crippen LogP contribution in [0.3, 0.4) is 0 Å². The fraction of sp³-hybridized carbons (Fsp3) is 0.447. The third-order valence-electron chi connectivity index (χ3n) is 6.02. The van der Waals surface area contributed by atoms with Gasteiger partial charge in [-0.25, -0.2) is 4.39 Å². The van der Waals surface area contributed by atoms with E-state index in [4.69, 9.17) is 4.98 Å². The molecule has 44 heavy (non-hydrogen) atoms. The smallest absolute Gasteiger partial charge is 0.251 e. The molecular formula is C38H59FN4O. The number of amides is 1. The molecule has 2 aromatic carbocycles. The molecule has 0 saturated heterocycles. The third-order valence-corrected chi connectivity index (χ3v) is 6.02. The van der Waals surface area contributed by atoms with Gasteiger partial charge in [-0.05, 0) is 104 Å². The highest BCUT2D eigenvalue weighted by atomic mass is 19.1. The minimum Gasteiger partial charge on any atom is -0.360 e. The molecule has 3 aromatic rings. The van der Waals surface area contributed by atoms with Crippen LogP contribution in [0.4, 0.5) is 10.1 Å². The highest BCUT2D eigenvalue weighted by Gasteiger charge is 2.15. The van der Waals surface area contributed by atoms with Gasteiger partial charge in [0.2, 0.25) is 0 Å². The molecule has 0 saturated carbocycles. The predicted octanol–water partition coefficient (Wildman–Crippen LogP) is 10.4. The summed E-state index contributed by atoms with van der Waals surface area (Å²) in [6.07, 6.45) is 7.74. The molecule has 1 atom stereocenters. The van der Waals surface area contributed by atoms with E-state index in [0.717, 1.165) is 40.2 Å². The molecule has 244 valence electrons. The second-order valence-electron chi connectivity index (χ2n) is 8.55. The summed E-state index contributed by atoms with van der Waals surface area (Å²) >= 11 is 0. The lowest BCUT2D eigenvalue weighted by Gasteiger charge is -2.18. The van der Waals surface area contributed by atoms with Crippen molar-refractivity contribution in [1.82, 2.24) is 10.3 Å². The summed E-state index contributed by atoms with van der Waals surface area (Å²) < 4.78 is 13.4. The second-order valence-corrected chi connectivity index (χ2v) is 8.55. The summed E-state index contributed by atoms with van der Waals surface area (Å²) in [4.78, 5) is 21.8. The number of hydrogen-bond acceptors (Lipinski definition) is 4. The molecule has 0 aliphatic carbocycles. The van der Waals surface area contributed by atoms with Gasteiger partial charge in [0, 0.05) is 36.0 Å². The van der Waals surface area contributed by atoms with Gasteiger partial charge in [-0.15, -0.1) is 0 Å². The first kappa shape index (κ1) is 44.5. The Bertz CT molecular complexity index is 1240.